The van der Waals surface area contributed by atoms with Crippen LogP contribution in [0.1, 0.15) is 44.5 Å². The summed E-state index contributed by atoms with van der Waals surface area (Å²) in [5.74, 6) is 1.01. The monoisotopic (exact) mass is 285 g/mol. The molecule has 2 aromatic heterocycles. The summed E-state index contributed by atoms with van der Waals surface area (Å²) in [5.41, 5.74) is 0.923. The maximum atomic E-state index is 4.37. The second-order valence-corrected chi connectivity index (χ2v) is 6.43. The highest BCUT2D eigenvalue weighted by atomic mass is 15.3. The van der Waals surface area contributed by atoms with Crippen molar-refractivity contribution in [2.24, 2.45) is 0 Å². The van der Waals surface area contributed by atoms with Crippen molar-refractivity contribution >= 4 is 5.65 Å². The van der Waals surface area contributed by atoms with E-state index < -0.39 is 0 Å². The van der Waals surface area contributed by atoms with Crippen LogP contribution in [0.4, 0.5) is 0 Å². The van der Waals surface area contributed by atoms with Gasteiger partial charge >= 0.3 is 0 Å². The van der Waals surface area contributed by atoms with Gasteiger partial charge in [0.2, 0.25) is 0 Å². The van der Waals surface area contributed by atoms with Crippen molar-refractivity contribution in [3.8, 4) is 0 Å². The van der Waals surface area contributed by atoms with Crippen LogP contribution in [0.25, 0.3) is 5.65 Å². The normalized spacial score (nSPS) is 27.9. The van der Waals surface area contributed by atoms with Gasteiger partial charge in [-0.2, -0.15) is 0 Å². The van der Waals surface area contributed by atoms with Crippen molar-refractivity contribution in [1.29, 1.82) is 0 Å². The Morgan fingerprint density at radius 1 is 1.24 bits per heavy atom. The average molecular weight is 285 g/mol. The van der Waals surface area contributed by atoms with Crippen LogP contribution in [0.5, 0.6) is 0 Å². The Bertz CT molecular complexity index is 622. The number of aromatic nitrogens is 3. The van der Waals surface area contributed by atoms with Gasteiger partial charge in [-0.3, -0.25) is 4.40 Å². The van der Waals surface area contributed by atoms with Crippen molar-refractivity contribution in [2.75, 3.05) is 13.1 Å². The lowest BCUT2D eigenvalue weighted by molar-refractivity contribution is 0.161. The fourth-order valence-electron chi connectivity index (χ4n) is 3.96. The van der Waals surface area contributed by atoms with E-state index in [1.54, 1.807) is 0 Å². The van der Waals surface area contributed by atoms with Crippen molar-refractivity contribution in [3.05, 3.63) is 30.2 Å². The SMILES string of the molecule is CC(NC1CCN2CCCC2C1)c1nnc2ccccn12. The molecule has 2 aliphatic heterocycles. The lowest BCUT2D eigenvalue weighted by atomic mass is 9.97. The van der Waals surface area contributed by atoms with Gasteiger partial charge < -0.3 is 10.2 Å². The molecule has 5 heteroatoms. The zero-order valence-electron chi connectivity index (χ0n) is 12.6. The number of hydrogen-bond donors (Lipinski definition) is 1. The number of nitrogens with one attached hydrogen (secondary N) is 1. The smallest absolute Gasteiger partial charge is 0.160 e. The molecule has 3 atom stereocenters. The van der Waals surface area contributed by atoms with E-state index in [1.165, 1.54) is 38.8 Å². The molecule has 4 heterocycles. The first kappa shape index (κ1) is 13.2. The lowest BCUT2D eigenvalue weighted by Crippen LogP contribution is -2.46. The van der Waals surface area contributed by atoms with E-state index in [1.807, 2.05) is 24.4 Å². The number of fused-ring (bicyclic) bond motifs is 2. The van der Waals surface area contributed by atoms with E-state index in [-0.39, 0.29) is 6.04 Å². The first-order valence-corrected chi connectivity index (χ1v) is 8.11. The Kier molecular flexibility index (Phi) is 3.39. The highest BCUT2D eigenvalue weighted by molar-refractivity contribution is 5.37. The third-order valence-electron chi connectivity index (χ3n) is 5.03. The molecule has 0 bridgehead atoms. The minimum absolute atomic E-state index is 0.236. The molecule has 3 unspecified atom stereocenters. The first-order chi connectivity index (χ1) is 10.3. The van der Waals surface area contributed by atoms with E-state index in [0.717, 1.165) is 17.5 Å². The van der Waals surface area contributed by atoms with Crippen LogP contribution < -0.4 is 5.32 Å². The topological polar surface area (TPSA) is 45.5 Å². The summed E-state index contributed by atoms with van der Waals surface area (Å²) < 4.78 is 2.09. The van der Waals surface area contributed by atoms with Crippen LogP contribution in [0.15, 0.2) is 24.4 Å². The van der Waals surface area contributed by atoms with E-state index in [0.29, 0.717) is 6.04 Å². The highest BCUT2D eigenvalue weighted by Crippen LogP contribution is 2.28. The Balaban J connectivity index is 1.47. The van der Waals surface area contributed by atoms with Gasteiger partial charge in [0.05, 0.1) is 6.04 Å². The molecule has 0 spiro atoms. The largest absolute Gasteiger partial charge is 0.305 e. The van der Waals surface area contributed by atoms with Gasteiger partial charge in [0, 0.05) is 18.3 Å². The molecule has 0 aromatic carbocycles. The zero-order chi connectivity index (χ0) is 14.2. The molecular formula is C16H23N5. The minimum atomic E-state index is 0.236. The van der Waals surface area contributed by atoms with Crippen LogP contribution in [0, 0.1) is 0 Å². The van der Waals surface area contributed by atoms with Crippen molar-refractivity contribution < 1.29 is 0 Å². The molecule has 112 valence electrons. The zero-order valence-corrected chi connectivity index (χ0v) is 12.6. The Labute approximate surface area is 125 Å². The summed E-state index contributed by atoms with van der Waals surface area (Å²) in [5, 5.41) is 12.4. The second-order valence-electron chi connectivity index (χ2n) is 6.43. The molecule has 21 heavy (non-hydrogen) atoms. The maximum absolute atomic E-state index is 4.37. The molecule has 2 fully saturated rings. The Morgan fingerprint density at radius 3 is 3.14 bits per heavy atom. The van der Waals surface area contributed by atoms with Gasteiger partial charge in [0.15, 0.2) is 11.5 Å². The van der Waals surface area contributed by atoms with Crippen molar-refractivity contribution in [1.82, 2.24) is 24.8 Å². The molecule has 2 saturated heterocycles. The quantitative estimate of drug-likeness (QED) is 0.937. The van der Waals surface area contributed by atoms with Gasteiger partial charge in [-0.1, -0.05) is 6.07 Å². The van der Waals surface area contributed by atoms with Crippen LogP contribution >= 0.6 is 0 Å². The van der Waals surface area contributed by atoms with Crippen LogP contribution in [0.3, 0.4) is 0 Å². The molecule has 0 radical (unpaired) electrons. The molecule has 0 saturated carbocycles. The number of nitrogens with zero attached hydrogens (tertiary/aromatic N) is 4. The molecule has 0 aliphatic carbocycles. The molecule has 2 aromatic rings. The Hall–Kier alpha value is -1.46. The predicted molar refractivity (Wildman–Crippen MR) is 82.2 cm³/mol. The van der Waals surface area contributed by atoms with E-state index in [9.17, 15) is 0 Å². The number of pyridine rings is 1. The molecule has 5 nitrogen and oxygen atoms in total. The van der Waals surface area contributed by atoms with Gasteiger partial charge in [-0.25, -0.2) is 0 Å². The molecular weight excluding hydrogens is 262 g/mol. The van der Waals surface area contributed by atoms with Crippen LogP contribution in [-0.2, 0) is 0 Å². The summed E-state index contributed by atoms with van der Waals surface area (Å²) in [7, 11) is 0. The predicted octanol–water partition coefficient (Wildman–Crippen LogP) is 2.01. The number of rotatable bonds is 3. The Morgan fingerprint density at radius 2 is 2.19 bits per heavy atom. The molecule has 0 amide bonds. The van der Waals surface area contributed by atoms with E-state index in [2.05, 4.69) is 31.7 Å². The van der Waals surface area contributed by atoms with Gasteiger partial charge in [-0.15, -0.1) is 10.2 Å². The fourth-order valence-corrected chi connectivity index (χ4v) is 3.96. The second kappa shape index (κ2) is 5.39. The summed E-state index contributed by atoms with van der Waals surface area (Å²) >= 11 is 0. The number of piperidine rings is 1. The summed E-state index contributed by atoms with van der Waals surface area (Å²) in [4.78, 5) is 2.66. The molecule has 4 rings (SSSR count). The van der Waals surface area contributed by atoms with Gasteiger partial charge in [0.1, 0.15) is 0 Å². The third kappa shape index (κ3) is 2.45. The highest BCUT2D eigenvalue weighted by Gasteiger charge is 2.32. The average Bonchev–Trinajstić information content (AvgIpc) is 3.13. The van der Waals surface area contributed by atoms with Crippen LogP contribution in [0.2, 0.25) is 0 Å². The summed E-state index contributed by atoms with van der Waals surface area (Å²) in [6, 6.07) is 7.68. The number of hydrogen-bond acceptors (Lipinski definition) is 4. The minimum Gasteiger partial charge on any atom is -0.305 e. The summed E-state index contributed by atoms with van der Waals surface area (Å²) in [6.45, 7) is 4.75. The molecule has 1 N–H and O–H groups in total. The van der Waals surface area contributed by atoms with Gasteiger partial charge in [-0.05, 0) is 57.8 Å². The third-order valence-corrected chi connectivity index (χ3v) is 5.03. The van der Waals surface area contributed by atoms with Crippen LogP contribution in [-0.4, -0.2) is 44.7 Å². The molecule has 2 aliphatic rings. The fraction of sp³-hybridized carbons (Fsp3) is 0.625. The van der Waals surface area contributed by atoms with Gasteiger partial charge in [0.25, 0.3) is 0 Å². The summed E-state index contributed by atoms with van der Waals surface area (Å²) in [6.07, 6.45) is 7.32. The first-order valence-electron chi connectivity index (χ1n) is 8.11. The van der Waals surface area contributed by atoms with Crippen molar-refractivity contribution in [2.45, 2.75) is 50.7 Å². The maximum Gasteiger partial charge on any atom is 0.160 e. The van der Waals surface area contributed by atoms with E-state index in [4.69, 9.17) is 0 Å². The lowest BCUT2D eigenvalue weighted by Gasteiger charge is -2.36. The van der Waals surface area contributed by atoms with E-state index >= 15 is 0 Å². The standard InChI is InChI=1S/C16H23N5/c1-12(16-19-18-15-6-2-3-9-21(15)16)17-13-7-10-20-8-4-5-14(20)11-13/h2-3,6,9,12-14,17H,4-5,7-8,10-11H2,1H3. The van der Waals surface area contributed by atoms with Crippen molar-refractivity contribution in [3.63, 3.8) is 0 Å².